The largest absolute Gasteiger partial charge is 0.396 e. The number of hydrogen-bond donors (Lipinski definition) is 3. The van der Waals surface area contributed by atoms with Crippen molar-refractivity contribution >= 4 is 0 Å². The normalized spacial score (nSPS) is 37.0. The van der Waals surface area contributed by atoms with Crippen molar-refractivity contribution in [1.29, 1.82) is 0 Å². The average Bonchev–Trinajstić information content (AvgIpc) is 2.79. The van der Waals surface area contributed by atoms with Crippen LogP contribution in [-0.2, 0) is 0 Å². The van der Waals surface area contributed by atoms with Gasteiger partial charge in [0.2, 0.25) is 0 Å². The minimum Gasteiger partial charge on any atom is -0.396 e. The Morgan fingerprint density at radius 3 is 2.73 bits per heavy atom. The number of nitrogens with one attached hydrogen (secondary N) is 2. The highest BCUT2D eigenvalue weighted by Gasteiger charge is 2.25. The second-order valence-electron chi connectivity index (χ2n) is 5.04. The molecule has 2 fully saturated rings. The topological polar surface area (TPSA) is 44.3 Å². The minimum atomic E-state index is 0.357. The Labute approximate surface area is 92.6 Å². The number of hydrogen-bond acceptors (Lipinski definition) is 3. The second kappa shape index (κ2) is 5.83. The molecule has 88 valence electrons. The van der Waals surface area contributed by atoms with E-state index in [1.54, 1.807) is 0 Å². The molecule has 15 heavy (non-hydrogen) atoms. The van der Waals surface area contributed by atoms with E-state index >= 15 is 0 Å². The first-order valence-corrected chi connectivity index (χ1v) is 6.48. The molecule has 1 saturated heterocycles. The zero-order valence-electron chi connectivity index (χ0n) is 9.54. The van der Waals surface area contributed by atoms with Gasteiger partial charge in [0.05, 0.1) is 0 Å². The summed E-state index contributed by atoms with van der Waals surface area (Å²) in [5.41, 5.74) is 0. The van der Waals surface area contributed by atoms with E-state index in [2.05, 4.69) is 10.6 Å². The van der Waals surface area contributed by atoms with Gasteiger partial charge < -0.3 is 15.7 Å². The first kappa shape index (κ1) is 11.4. The van der Waals surface area contributed by atoms with Crippen molar-refractivity contribution in [3.63, 3.8) is 0 Å². The molecule has 0 aromatic rings. The minimum absolute atomic E-state index is 0.357. The lowest BCUT2D eigenvalue weighted by molar-refractivity contribution is 0.152. The summed E-state index contributed by atoms with van der Waals surface area (Å²) in [6.45, 7) is 2.62. The molecule has 3 N–H and O–H groups in total. The maximum absolute atomic E-state index is 9.30. The molecule has 3 heteroatoms. The molecule has 3 atom stereocenters. The van der Waals surface area contributed by atoms with Crippen LogP contribution in [-0.4, -0.2) is 36.9 Å². The first-order valence-electron chi connectivity index (χ1n) is 6.48. The predicted molar refractivity (Wildman–Crippen MR) is 61.9 cm³/mol. The third-order valence-corrected chi connectivity index (χ3v) is 3.93. The van der Waals surface area contributed by atoms with E-state index in [-0.39, 0.29) is 0 Å². The third-order valence-electron chi connectivity index (χ3n) is 3.93. The van der Waals surface area contributed by atoms with E-state index in [4.69, 9.17) is 0 Å². The lowest BCUT2D eigenvalue weighted by Crippen LogP contribution is -2.45. The maximum Gasteiger partial charge on any atom is 0.0474 e. The Kier molecular flexibility index (Phi) is 4.42. The van der Waals surface area contributed by atoms with Gasteiger partial charge in [0.15, 0.2) is 0 Å². The van der Waals surface area contributed by atoms with Gasteiger partial charge in [-0.25, -0.2) is 0 Å². The van der Waals surface area contributed by atoms with Gasteiger partial charge in [0.1, 0.15) is 0 Å². The molecule has 2 rings (SSSR count). The van der Waals surface area contributed by atoms with Crippen LogP contribution in [0.25, 0.3) is 0 Å². The van der Waals surface area contributed by atoms with Crippen molar-refractivity contribution in [1.82, 2.24) is 10.6 Å². The van der Waals surface area contributed by atoms with Gasteiger partial charge in [-0.2, -0.15) is 0 Å². The van der Waals surface area contributed by atoms with Gasteiger partial charge in [-0.15, -0.1) is 0 Å². The molecule has 1 saturated carbocycles. The molecular weight excluding hydrogens is 188 g/mol. The summed E-state index contributed by atoms with van der Waals surface area (Å²) in [4.78, 5) is 0. The average molecular weight is 212 g/mol. The Balaban J connectivity index is 1.71. The van der Waals surface area contributed by atoms with E-state index in [1.807, 2.05) is 0 Å². The summed E-state index contributed by atoms with van der Waals surface area (Å²) in [6.07, 6.45) is 7.70. The highest BCUT2D eigenvalue weighted by molar-refractivity contribution is 4.84. The fourth-order valence-corrected chi connectivity index (χ4v) is 2.92. The highest BCUT2D eigenvalue weighted by Crippen LogP contribution is 2.24. The number of aliphatic hydroxyl groups is 1. The number of aliphatic hydroxyl groups excluding tert-OH is 1. The van der Waals surface area contributed by atoms with Crippen LogP contribution < -0.4 is 10.6 Å². The van der Waals surface area contributed by atoms with Crippen molar-refractivity contribution in [2.45, 2.75) is 50.6 Å². The van der Waals surface area contributed by atoms with Crippen LogP contribution >= 0.6 is 0 Å². The molecule has 1 aliphatic heterocycles. The zero-order valence-corrected chi connectivity index (χ0v) is 9.54. The molecule has 2 aliphatic rings. The summed E-state index contributed by atoms with van der Waals surface area (Å²) in [5, 5.41) is 16.4. The number of rotatable bonds is 4. The lowest BCUT2D eigenvalue weighted by Gasteiger charge is -2.31. The van der Waals surface area contributed by atoms with E-state index in [0.717, 1.165) is 6.54 Å². The van der Waals surface area contributed by atoms with Gasteiger partial charge in [0.25, 0.3) is 0 Å². The standard InChI is InChI=1S/C12H24N2O/c15-9-10-4-1-2-6-12(10)14-8-11-5-3-7-13-11/h10-15H,1-9H2. The van der Waals surface area contributed by atoms with Crippen LogP contribution in [0.3, 0.4) is 0 Å². The maximum atomic E-state index is 9.30. The van der Waals surface area contributed by atoms with E-state index in [0.29, 0.717) is 24.6 Å². The molecular formula is C12H24N2O. The van der Waals surface area contributed by atoms with Crippen molar-refractivity contribution in [3.8, 4) is 0 Å². The monoisotopic (exact) mass is 212 g/mol. The SMILES string of the molecule is OCC1CCCCC1NCC1CCCN1. The fraction of sp³-hybridized carbons (Fsp3) is 1.00. The summed E-state index contributed by atoms with van der Waals surface area (Å²) in [5.74, 6) is 0.500. The third kappa shape index (κ3) is 3.16. The van der Waals surface area contributed by atoms with Crippen LogP contribution in [0.2, 0.25) is 0 Å². The molecule has 3 nitrogen and oxygen atoms in total. The van der Waals surface area contributed by atoms with Gasteiger partial charge >= 0.3 is 0 Å². The van der Waals surface area contributed by atoms with Crippen molar-refractivity contribution in [2.24, 2.45) is 5.92 Å². The van der Waals surface area contributed by atoms with Crippen LogP contribution in [0, 0.1) is 5.92 Å². The Morgan fingerprint density at radius 2 is 2.00 bits per heavy atom. The van der Waals surface area contributed by atoms with Crippen LogP contribution in [0.1, 0.15) is 38.5 Å². The van der Waals surface area contributed by atoms with Gasteiger partial charge in [-0.3, -0.25) is 0 Å². The molecule has 3 unspecified atom stereocenters. The smallest absolute Gasteiger partial charge is 0.0474 e. The summed E-state index contributed by atoms with van der Waals surface area (Å²) >= 11 is 0. The second-order valence-corrected chi connectivity index (χ2v) is 5.04. The van der Waals surface area contributed by atoms with Crippen molar-refractivity contribution < 1.29 is 5.11 Å². The summed E-state index contributed by atoms with van der Waals surface area (Å²) < 4.78 is 0. The predicted octanol–water partition coefficient (Wildman–Crippen LogP) is 0.879. The van der Waals surface area contributed by atoms with Crippen LogP contribution in [0.5, 0.6) is 0 Å². The molecule has 0 aromatic carbocycles. The van der Waals surface area contributed by atoms with Gasteiger partial charge in [-0.1, -0.05) is 12.8 Å². The first-order chi connectivity index (χ1) is 7.40. The van der Waals surface area contributed by atoms with E-state index in [1.165, 1.54) is 45.1 Å². The van der Waals surface area contributed by atoms with E-state index in [9.17, 15) is 5.11 Å². The highest BCUT2D eigenvalue weighted by atomic mass is 16.3. The molecule has 0 aromatic heterocycles. The van der Waals surface area contributed by atoms with Crippen molar-refractivity contribution in [2.75, 3.05) is 19.7 Å². The summed E-state index contributed by atoms with van der Waals surface area (Å²) in [6, 6.07) is 1.23. The Bertz CT molecular complexity index is 180. The van der Waals surface area contributed by atoms with Crippen LogP contribution in [0.4, 0.5) is 0 Å². The van der Waals surface area contributed by atoms with Crippen LogP contribution in [0.15, 0.2) is 0 Å². The van der Waals surface area contributed by atoms with E-state index < -0.39 is 0 Å². The molecule has 0 amide bonds. The molecule has 0 spiro atoms. The van der Waals surface area contributed by atoms with Crippen molar-refractivity contribution in [3.05, 3.63) is 0 Å². The molecule has 0 radical (unpaired) electrons. The summed E-state index contributed by atoms with van der Waals surface area (Å²) in [7, 11) is 0. The molecule has 0 bridgehead atoms. The fourth-order valence-electron chi connectivity index (χ4n) is 2.92. The molecule has 1 aliphatic carbocycles. The lowest BCUT2D eigenvalue weighted by atomic mass is 9.85. The Morgan fingerprint density at radius 1 is 1.13 bits per heavy atom. The van der Waals surface area contributed by atoms with Gasteiger partial charge in [0, 0.05) is 25.2 Å². The van der Waals surface area contributed by atoms with Gasteiger partial charge in [-0.05, 0) is 38.1 Å². The quantitative estimate of drug-likeness (QED) is 0.648. The Hall–Kier alpha value is -0.120. The zero-order chi connectivity index (χ0) is 10.5. The molecule has 1 heterocycles.